The van der Waals surface area contributed by atoms with Crippen molar-refractivity contribution in [2.45, 2.75) is 13.8 Å². The molecule has 4 rings (SSSR count). The molecule has 5 heteroatoms. The highest BCUT2D eigenvalue weighted by Gasteiger charge is 2.32. The standard InChI is InChI=1S/C25H20N2O3/c1-16-6-10-19(11-7-16)23-26-22(15-18-8-12-20(13-9-18)25(29)30)24(28)27(23)21-5-3-4-17(2)14-21/h3-15H,1-2H3,(H,29,30)/b22-15+. The van der Waals surface area contributed by atoms with E-state index in [0.717, 1.165) is 22.4 Å². The van der Waals surface area contributed by atoms with Gasteiger partial charge in [0.05, 0.1) is 11.3 Å². The SMILES string of the molecule is Cc1ccc(C2=N/C(=C/c3ccc(C(=O)O)cc3)C(=O)N2c2cccc(C)c2)cc1. The Morgan fingerprint density at radius 1 is 0.933 bits per heavy atom. The second-order valence-corrected chi connectivity index (χ2v) is 7.24. The molecule has 3 aromatic rings. The van der Waals surface area contributed by atoms with Crippen molar-refractivity contribution in [1.29, 1.82) is 0 Å². The third-order valence-electron chi connectivity index (χ3n) is 4.89. The zero-order valence-electron chi connectivity index (χ0n) is 16.7. The maximum absolute atomic E-state index is 13.3. The van der Waals surface area contributed by atoms with E-state index in [1.165, 1.54) is 12.1 Å². The topological polar surface area (TPSA) is 70.0 Å². The molecule has 1 aliphatic heterocycles. The minimum Gasteiger partial charge on any atom is -0.478 e. The van der Waals surface area contributed by atoms with Crippen molar-refractivity contribution in [2.75, 3.05) is 4.90 Å². The van der Waals surface area contributed by atoms with E-state index in [4.69, 9.17) is 5.11 Å². The van der Waals surface area contributed by atoms with Crippen LogP contribution in [0.3, 0.4) is 0 Å². The Morgan fingerprint density at radius 3 is 2.27 bits per heavy atom. The van der Waals surface area contributed by atoms with Gasteiger partial charge in [-0.05, 0) is 55.3 Å². The van der Waals surface area contributed by atoms with Gasteiger partial charge in [-0.3, -0.25) is 9.69 Å². The normalized spacial score (nSPS) is 14.9. The molecule has 0 spiro atoms. The van der Waals surface area contributed by atoms with Crippen LogP contribution in [0.15, 0.2) is 83.5 Å². The Hall–Kier alpha value is -3.99. The molecule has 3 aromatic carbocycles. The number of hydrogen-bond donors (Lipinski definition) is 1. The third kappa shape index (κ3) is 3.78. The van der Waals surface area contributed by atoms with Gasteiger partial charge in [-0.1, -0.05) is 54.1 Å². The molecule has 30 heavy (non-hydrogen) atoms. The number of carbonyl (C=O) groups is 2. The van der Waals surface area contributed by atoms with Crippen LogP contribution in [0.25, 0.3) is 6.08 Å². The number of rotatable bonds is 4. The number of amidine groups is 1. The molecule has 0 aromatic heterocycles. The summed E-state index contributed by atoms with van der Waals surface area (Å²) in [5.74, 6) is -0.645. The number of benzene rings is 3. The van der Waals surface area contributed by atoms with Crippen molar-refractivity contribution in [1.82, 2.24) is 0 Å². The molecular formula is C25H20N2O3. The van der Waals surface area contributed by atoms with Crippen molar-refractivity contribution in [3.8, 4) is 0 Å². The lowest BCUT2D eigenvalue weighted by Gasteiger charge is -2.19. The van der Waals surface area contributed by atoms with Gasteiger partial charge >= 0.3 is 5.97 Å². The molecule has 0 fully saturated rings. The van der Waals surface area contributed by atoms with Gasteiger partial charge < -0.3 is 5.11 Å². The highest BCUT2D eigenvalue weighted by molar-refractivity contribution is 6.33. The van der Waals surface area contributed by atoms with E-state index >= 15 is 0 Å². The average Bonchev–Trinajstić information content (AvgIpc) is 3.05. The van der Waals surface area contributed by atoms with E-state index in [1.54, 1.807) is 23.1 Å². The van der Waals surface area contributed by atoms with Crippen molar-refractivity contribution in [3.05, 3.63) is 106 Å². The smallest absolute Gasteiger partial charge is 0.335 e. The maximum Gasteiger partial charge on any atom is 0.335 e. The maximum atomic E-state index is 13.3. The fourth-order valence-corrected chi connectivity index (χ4v) is 3.30. The number of aliphatic imine (C=N–C) groups is 1. The van der Waals surface area contributed by atoms with Crippen molar-refractivity contribution in [3.63, 3.8) is 0 Å². The summed E-state index contributed by atoms with van der Waals surface area (Å²) in [6.45, 7) is 3.99. The quantitative estimate of drug-likeness (QED) is 0.642. The second kappa shape index (κ2) is 7.79. The fraction of sp³-hybridized carbons (Fsp3) is 0.0800. The number of aromatic carboxylic acids is 1. The van der Waals surface area contributed by atoms with Crippen molar-refractivity contribution < 1.29 is 14.7 Å². The van der Waals surface area contributed by atoms with Crippen LogP contribution in [0.1, 0.15) is 32.6 Å². The number of anilines is 1. The number of nitrogens with zero attached hydrogens (tertiary/aromatic N) is 2. The number of carboxylic acid groups (broad SMARTS) is 1. The second-order valence-electron chi connectivity index (χ2n) is 7.24. The molecular weight excluding hydrogens is 376 g/mol. The Kier molecular flexibility index (Phi) is 5.02. The molecule has 0 bridgehead atoms. The lowest BCUT2D eigenvalue weighted by Crippen LogP contribution is -2.32. The van der Waals surface area contributed by atoms with Gasteiger partial charge in [0.2, 0.25) is 0 Å². The first-order chi connectivity index (χ1) is 14.4. The summed E-state index contributed by atoms with van der Waals surface area (Å²) in [7, 11) is 0. The zero-order valence-corrected chi connectivity index (χ0v) is 16.7. The molecule has 1 aliphatic rings. The average molecular weight is 396 g/mol. The highest BCUT2D eigenvalue weighted by Crippen LogP contribution is 2.28. The lowest BCUT2D eigenvalue weighted by atomic mass is 10.1. The molecule has 0 radical (unpaired) electrons. The third-order valence-corrected chi connectivity index (χ3v) is 4.89. The Morgan fingerprint density at radius 2 is 1.63 bits per heavy atom. The molecule has 0 saturated carbocycles. The van der Waals surface area contributed by atoms with Crippen molar-refractivity contribution in [2.24, 2.45) is 4.99 Å². The van der Waals surface area contributed by atoms with Crippen LogP contribution in [-0.4, -0.2) is 22.8 Å². The fourth-order valence-electron chi connectivity index (χ4n) is 3.30. The summed E-state index contributed by atoms with van der Waals surface area (Å²) in [6, 6.07) is 22.0. The Bertz CT molecular complexity index is 1190. The zero-order chi connectivity index (χ0) is 21.3. The van der Waals surface area contributed by atoms with Gasteiger partial charge in [0.25, 0.3) is 5.91 Å². The van der Waals surface area contributed by atoms with E-state index in [0.29, 0.717) is 17.1 Å². The number of carboxylic acids is 1. The molecule has 1 N–H and O–H groups in total. The lowest BCUT2D eigenvalue weighted by molar-refractivity contribution is -0.113. The summed E-state index contributed by atoms with van der Waals surface area (Å²) in [5.41, 5.74) is 4.98. The van der Waals surface area contributed by atoms with Crippen LogP contribution in [-0.2, 0) is 4.79 Å². The number of hydrogen-bond acceptors (Lipinski definition) is 3. The highest BCUT2D eigenvalue weighted by atomic mass is 16.4. The number of carbonyl (C=O) groups excluding carboxylic acids is 1. The van der Waals surface area contributed by atoms with Gasteiger partial charge in [0, 0.05) is 5.56 Å². The van der Waals surface area contributed by atoms with E-state index < -0.39 is 5.97 Å². The van der Waals surface area contributed by atoms with Crippen LogP contribution >= 0.6 is 0 Å². The summed E-state index contributed by atoms with van der Waals surface area (Å²) >= 11 is 0. The molecule has 0 atom stereocenters. The summed E-state index contributed by atoms with van der Waals surface area (Å²) < 4.78 is 0. The minimum atomic E-state index is -0.989. The van der Waals surface area contributed by atoms with E-state index in [-0.39, 0.29) is 11.5 Å². The molecule has 0 unspecified atom stereocenters. The first kappa shape index (κ1) is 19.3. The Labute approximate surface area is 174 Å². The minimum absolute atomic E-state index is 0.195. The first-order valence-electron chi connectivity index (χ1n) is 9.54. The first-order valence-corrected chi connectivity index (χ1v) is 9.54. The summed E-state index contributed by atoms with van der Waals surface area (Å²) in [5, 5.41) is 9.07. The van der Waals surface area contributed by atoms with Crippen LogP contribution in [0, 0.1) is 13.8 Å². The number of amides is 1. The van der Waals surface area contributed by atoms with Crippen molar-refractivity contribution >= 4 is 29.5 Å². The van der Waals surface area contributed by atoms with E-state index in [1.807, 2.05) is 62.4 Å². The van der Waals surface area contributed by atoms with Crippen LogP contribution in [0.4, 0.5) is 5.69 Å². The molecule has 148 valence electrons. The molecule has 1 heterocycles. The monoisotopic (exact) mass is 396 g/mol. The molecule has 1 amide bonds. The van der Waals surface area contributed by atoms with Gasteiger partial charge in [-0.2, -0.15) is 0 Å². The Balaban J connectivity index is 1.79. The van der Waals surface area contributed by atoms with Gasteiger partial charge in [-0.15, -0.1) is 0 Å². The van der Waals surface area contributed by atoms with Crippen LogP contribution in [0.5, 0.6) is 0 Å². The predicted molar refractivity (Wildman–Crippen MR) is 118 cm³/mol. The van der Waals surface area contributed by atoms with E-state index in [2.05, 4.69) is 4.99 Å². The van der Waals surface area contributed by atoms with Crippen LogP contribution in [0.2, 0.25) is 0 Å². The molecule has 0 saturated heterocycles. The van der Waals surface area contributed by atoms with Crippen LogP contribution < -0.4 is 4.90 Å². The van der Waals surface area contributed by atoms with Gasteiger partial charge in [-0.25, -0.2) is 9.79 Å². The molecule has 5 nitrogen and oxygen atoms in total. The predicted octanol–water partition coefficient (Wildman–Crippen LogP) is 4.84. The summed E-state index contributed by atoms with van der Waals surface area (Å²) in [6.07, 6.45) is 1.68. The summed E-state index contributed by atoms with van der Waals surface area (Å²) in [4.78, 5) is 30.6. The van der Waals surface area contributed by atoms with Gasteiger partial charge in [0.1, 0.15) is 11.5 Å². The molecule has 0 aliphatic carbocycles. The van der Waals surface area contributed by atoms with E-state index in [9.17, 15) is 9.59 Å². The van der Waals surface area contributed by atoms with Gasteiger partial charge in [0.15, 0.2) is 0 Å². The number of aryl methyl sites for hydroxylation is 2. The largest absolute Gasteiger partial charge is 0.478 e.